The van der Waals surface area contributed by atoms with Crippen molar-refractivity contribution < 1.29 is 4.39 Å². The van der Waals surface area contributed by atoms with Crippen LogP contribution in [-0.4, -0.2) is 29.6 Å². The van der Waals surface area contributed by atoms with E-state index in [2.05, 4.69) is 31.0 Å². The maximum atomic E-state index is 13.5. The minimum absolute atomic E-state index is 0.172. The summed E-state index contributed by atoms with van der Waals surface area (Å²) in [5.41, 5.74) is 1.06. The average molecular weight is 313 g/mol. The van der Waals surface area contributed by atoms with E-state index in [-0.39, 0.29) is 11.4 Å². The lowest BCUT2D eigenvalue weighted by Crippen LogP contribution is -2.63. The van der Waals surface area contributed by atoms with Crippen LogP contribution < -0.4 is 5.32 Å². The van der Waals surface area contributed by atoms with Gasteiger partial charge in [-0.15, -0.1) is 0 Å². The number of halogens is 2. The number of hydrogen-bond acceptors (Lipinski definition) is 2. The molecule has 0 aliphatic carbocycles. The molecule has 2 rings (SSSR count). The summed E-state index contributed by atoms with van der Waals surface area (Å²) in [6.45, 7) is 9.37. The first-order valence-corrected chi connectivity index (χ1v) is 8.34. The normalized spacial score (nSPS) is 22.4. The molecule has 0 radical (unpaired) electrons. The average Bonchev–Trinajstić information content (AvgIpc) is 2.51. The molecule has 2 nitrogen and oxygen atoms in total. The van der Waals surface area contributed by atoms with Gasteiger partial charge in [0.05, 0.1) is 0 Å². The Morgan fingerprint density at radius 1 is 1.33 bits per heavy atom. The zero-order chi connectivity index (χ0) is 15.5. The fourth-order valence-electron chi connectivity index (χ4n) is 3.23. The van der Waals surface area contributed by atoms with Crippen molar-refractivity contribution in [3.63, 3.8) is 0 Å². The maximum Gasteiger partial charge on any atom is 0.123 e. The van der Waals surface area contributed by atoms with Crippen molar-refractivity contribution in [2.24, 2.45) is 0 Å². The molecule has 1 fully saturated rings. The zero-order valence-electron chi connectivity index (χ0n) is 13.3. The summed E-state index contributed by atoms with van der Waals surface area (Å²) in [6.07, 6.45) is 3.30. The molecule has 1 aliphatic rings. The molecule has 0 saturated carbocycles. The van der Waals surface area contributed by atoms with Crippen LogP contribution in [0.25, 0.3) is 0 Å². The van der Waals surface area contributed by atoms with Crippen molar-refractivity contribution in [1.82, 2.24) is 10.2 Å². The van der Waals surface area contributed by atoms with Gasteiger partial charge in [0.25, 0.3) is 0 Å². The van der Waals surface area contributed by atoms with Crippen molar-refractivity contribution >= 4 is 11.6 Å². The Kier molecular flexibility index (Phi) is 5.64. The molecule has 21 heavy (non-hydrogen) atoms. The van der Waals surface area contributed by atoms with E-state index in [0.29, 0.717) is 11.1 Å². The quantitative estimate of drug-likeness (QED) is 0.875. The molecule has 1 aromatic carbocycles. The van der Waals surface area contributed by atoms with Gasteiger partial charge in [-0.2, -0.15) is 0 Å². The van der Waals surface area contributed by atoms with Gasteiger partial charge < -0.3 is 5.32 Å². The Bertz CT molecular complexity index is 474. The van der Waals surface area contributed by atoms with Gasteiger partial charge in [-0.1, -0.05) is 32.4 Å². The molecule has 0 aromatic heterocycles. The second-order valence-electron chi connectivity index (χ2n) is 6.07. The van der Waals surface area contributed by atoms with E-state index in [9.17, 15) is 4.39 Å². The van der Waals surface area contributed by atoms with E-state index in [1.807, 2.05) is 0 Å². The van der Waals surface area contributed by atoms with E-state index in [4.69, 9.17) is 11.6 Å². The fraction of sp³-hybridized carbons (Fsp3) is 0.647. The van der Waals surface area contributed by atoms with Gasteiger partial charge in [0.1, 0.15) is 5.82 Å². The SMILES string of the molecule is CCC1CNC(CC)(CC)CN1Cc1cc(F)ccc1Cl. The van der Waals surface area contributed by atoms with Crippen molar-refractivity contribution in [1.29, 1.82) is 0 Å². The van der Waals surface area contributed by atoms with Crippen LogP contribution in [0.15, 0.2) is 18.2 Å². The third kappa shape index (κ3) is 3.77. The molecule has 1 heterocycles. The molecular weight excluding hydrogens is 287 g/mol. The van der Waals surface area contributed by atoms with Crippen molar-refractivity contribution in [2.45, 2.75) is 58.2 Å². The molecule has 118 valence electrons. The van der Waals surface area contributed by atoms with Crippen LogP contribution in [-0.2, 0) is 6.54 Å². The highest BCUT2D eigenvalue weighted by Gasteiger charge is 2.36. The molecule has 1 N–H and O–H groups in total. The first-order chi connectivity index (χ1) is 10.0. The maximum absolute atomic E-state index is 13.5. The predicted molar refractivity (Wildman–Crippen MR) is 87.2 cm³/mol. The Labute approximate surface area is 132 Å². The molecule has 1 unspecified atom stereocenters. The van der Waals surface area contributed by atoms with Crippen molar-refractivity contribution in [2.75, 3.05) is 13.1 Å². The Balaban J connectivity index is 2.19. The molecule has 0 spiro atoms. The minimum Gasteiger partial charge on any atom is -0.308 e. The highest BCUT2D eigenvalue weighted by atomic mass is 35.5. The van der Waals surface area contributed by atoms with Crippen LogP contribution in [0, 0.1) is 5.82 Å². The Hall–Kier alpha value is -0.640. The van der Waals surface area contributed by atoms with Gasteiger partial charge in [0.15, 0.2) is 0 Å². The summed E-state index contributed by atoms with van der Waals surface area (Å²) >= 11 is 6.24. The van der Waals surface area contributed by atoms with Crippen LogP contribution in [0.5, 0.6) is 0 Å². The standard InChI is InChI=1S/C17H26ClFN2/c1-4-15-10-20-17(5-2,6-3)12-21(15)11-13-9-14(19)7-8-16(13)18/h7-9,15,20H,4-6,10-12H2,1-3H3. The van der Waals surface area contributed by atoms with Gasteiger partial charge in [-0.05, 0) is 43.0 Å². The van der Waals surface area contributed by atoms with Crippen molar-refractivity contribution in [3.8, 4) is 0 Å². The minimum atomic E-state index is -0.213. The number of hydrogen-bond donors (Lipinski definition) is 1. The lowest BCUT2D eigenvalue weighted by molar-refractivity contribution is 0.0643. The van der Waals surface area contributed by atoms with Crippen molar-refractivity contribution in [3.05, 3.63) is 34.6 Å². The first-order valence-electron chi connectivity index (χ1n) is 7.96. The summed E-state index contributed by atoms with van der Waals surface area (Å²) in [4.78, 5) is 2.46. The second kappa shape index (κ2) is 7.08. The molecule has 0 bridgehead atoms. The summed E-state index contributed by atoms with van der Waals surface area (Å²) in [5.74, 6) is -0.213. The topological polar surface area (TPSA) is 15.3 Å². The number of nitrogens with one attached hydrogen (secondary N) is 1. The number of benzene rings is 1. The number of nitrogens with zero attached hydrogens (tertiary/aromatic N) is 1. The van der Waals surface area contributed by atoms with Crippen LogP contribution in [0.4, 0.5) is 4.39 Å². The number of piperazine rings is 1. The smallest absolute Gasteiger partial charge is 0.123 e. The van der Waals surface area contributed by atoms with Gasteiger partial charge in [0, 0.05) is 36.2 Å². The second-order valence-corrected chi connectivity index (χ2v) is 6.48. The van der Waals surface area contributed by atoms with E-state index in [1.165, 1.54) is 6.07 Å². The van der Waals surface area contributed by atoms with E-state index >= 15 is 0 Å². The van der Waals surface area contributed by atoms with Crippen LogP contribution in [0.1, 0.15) is 45.6 Å². The predicted octanol–water partition coefficient (Wildman–Crippen LogP) is 4.22. The molecule has 1 aromatic rings. The molecule has 1 saturated heterocycles. The van der Waals surface area contributed by atoms with Gasteiger partial charge in [0.2, 0.25) is 0 Å². The monoisotopic (exact) mass is 312 g/mol. The molecule has 1 aliphatic heterocycles. The molecule has 1 atom stereocenters. The summed E-state index contributed by atoms with van der Waals surface area (Å²) in [5, 5.41) is 4.38. The third-order valence-electron chi connectivity index (χ3n) is 4.94. The molecule has 0 amide bonds. The fourth-order valence-corrected chi connectivity index (χ4v) is 3.41. The summed E-state index contributed by atoms with van der Waals surface area (Å²) in [7, 11) is 0. The summed E-state index contributed by atoms with van der Waals surface area (Å²) < 4.78 is 13.5. The highest BCUT2D eigenvalue weighted by Crippen LogP contribution is 2.27. The zero-order valence-corrected chi connectivity index (χ0v) is 14.0. The molecule has 4 heteroatoms. The number of rotatable bonds is 5. The van der Waals surface area contributed by atoms with E-state index in [0.717, 1.165) is 44.5 Å². The Morgan fingerprint density at radius 2 is 2.05 bits per heavy atom. The van der Waals surface area contributed by atoms with Crippen LogP contribution in [0.3, 0.4) is 0 Å². The van der Waals surface area contributed by atoms with Crippen LogP contribution in [0.2, 0.25) is 5.02 Å². The summed E-state index contributed by atoms with van der Waals surface area (Å²) in [6, 6.07) is 5.12. The lowest BCUT2D eigenvalue weighted by atomic mass is 9.88. The Morgan fingerprint density at radius 3 is 2.67 bits per heavy atom. The van der Waals surface area contributed by atoms with Gasteiger partial charge in [-0.3, -0.25) is 4.90 Å². The van der Waals surface area contributed by atoms with Crippen LogP contribution >= 0.6 is 11.6 Å². The van der Waals surface area contributed by atoms with E-state index < -0.39 is 0 Å². The van der Waals surface area contributed by atoms with E-state index in [1.54, 1.807) is 12.1 Å². The molecular formula is C17H26ClFN2. The lowest BCUT2D eigenvalue weighted by Gasteiger charge is -2.47. The largest absolute Gasteiger partial charge is 0.308 e. The first kappa shape index (κ1) is 16.7. The third-order valence-corrected chi connectivity index (χ3v) is 5.31. The van der Waals surface area contributed by atoms with Gasteiger partial charge in [-0.25, -0.2) is 4.39 Å². The highest BCUT2D eigenvalue weighted by molar-refractivity contribution is 6.31. The van der Waals surface area contributed by atoms with Gasteiger partial charge >= 0.3 is 0 Å².